The first kappa shape index (κ1) is 16.5. The van der Waals surface area contributed by atoms with E-state index < -0.39 is 0 Å². The normalized spacial score (nSPS) is 23.2. The van der Waals surface area contributed by atoms with Crippen LogP contribution in [0.25, 0.3) is 10.2 Å². The molecular weight excluding hydrogens is 360 g/mol. The second-order valence-electron chi connectivity index (χ2n) is 7.40. The van der Waals surface area contributed by atoms with Gasteiger partial charge in [-0.3, -0.25) is 4.79 Å². The molecule has 2 aromatic heterocycles. The van der Waals surface area contributed by atoms with E-state index in [2.05, 4.69) is 34.5 Å². The van der Waals surface area contributed by atoms with Crippen molar-refractivity contribution in [1.82, 2.24) is 9.88 Å². The Morgan fingerprint density at radius 3 is 2.96 bits per heavy atom. The van der Waals surface area contributed by atoms with Crippen LogP contribution in [0.5, 0.6) is 0 Å². The van der Waals surface area contributed by atoms with Gasteiger partial charge >= 0.3 is 0 Å². The van der Waals surface area contributed by atoms with Crippen LogP contribution >= 0.6 is 22.7 Å². The molecule has 1 saturated carbocycles. The lowest BCUT2D eigenvalue weighted by molar-refractivity contribution is -0.138. The third-order valence-electron chi connectivity index (χ3n) is 5.83. The Hall–Kier alpha value is -1.72. The predicted octanol–water partition coefficient (Wildman–Crippen LogP) is 5.22. The standard InChI is InChI=1S/C21H22N2OS2/c24-21(23-11-9-18-14(13-23)10-12-25-18)16-6-2-1-5-15(16)20-22-17-7-3-4-8-19(17)26-20/h3-4,7-8,10,12,15-16H,1-2,5-6,9,11,13H2/t15-,16+/m0/s1. The molecule has 5 heteroatoms. The molecule has 0 saturated heterocycles. The van der Waals surface area contributed by atoms with Gasteiger partial charge in [0, 0.05) is 29.8 Å². The van der Waals surface area contributed by atoms with E-state index in [0.717, 1.165) is 49.3 Å². The summed E-state index contributed by atoms with van der Waals surface area (Å²) in [6.45, 7) is 1.66. The van der Waals surface area contributed by atoms with Gasteiger partial charge in [0.2, 0.25) is 5.91 Å². The van der Waals surface area contributed by atoms with Crippen LogP contribution in [-0.2, 0) is 17.8 Å². The first-order valence-corrected chi connectivity index (χ1v) is 11.2. The summed E-state index contributed by atoms with van der Waals surface area (Å²) >= 11 is 3.61. The van der Waals surface area contributed by atoms with Crippen molar-refractivity contribution >= 4 is 38.8 Å². The van der Waals surface area contributed by atoms with Gasteiger partial charge in [0.05, 0.1) is 15.2 Å². The number of thiazole rings is 1. The van der Waals surface area contributed by atoms with Gasteiger partial charge in [-0.15, -0.1) is 22.7 Å². The number of nitrogens with zero attached hydrogens (tertiary/aromatic N) is 2. The molecule has 1 fully saturated rings. The minimum Gasteiger partial charge on any atom is -0.338 e. The molecule has 0 radical (unpaired) electrons. The largest absolute Gasteiger partial charge is 0.338 e. The maximum absolute atomic E-state index is 13.4. The topological polar surface area (TPSA) is 33.2 Å². The van der Waals surface area contributed by atoms with Crippen LogP contribution in [0.4, 0.5) is 0 Å². The van der Waals surface area contributed by atoms with Crippen molar-refractivity contribution in [2.24, 2.45) is 5.92 Å². The zero-order valence-electron chi connectivity index (χ0n) is 14.7. The number of benzene rings is 1. The minimum absolute atomic E-state index is 0.101. The molecule has 1 aliphatic carbocycles. The number of amides is 1. The van der Waals surface area contributed by atoms with Gasteiger partial charge in [-0.2, -0.15) is 0 Å². The SMILES string of the molecule is O=C([C@@H]1CCCC[C@@H]1c1nc2ccccc2s1)N1CCc2sccc2C1. The van der Waals surface area contributed by atoms with Crippen molar-refractivity contribution in [3.05, 3.63) is 51.2 Å². The highest BCUT2D eigenvalue weighted by Gasteiger charge is 2.37. The van der Waals surface area contributed by atoms with Gasteiger partial charge in [-0.1, -0.05) is 25.0 Å². The van der Waals surface area contributed by atoms with Gasteiger partial charge in [-0.25, -0.2) is 4.98 Å². The maximum Gasteiger partial charge on any atom is 0.226 e. The average Bonchev–Trinajstić information content (AvgIpc) is 3.33. The summed E-state index contributed by atoms with van der Waals surface area (Å²) in [7, 11) is 0. The zero-order chi connectivity index (χ0) is 17.5. The fourth-order valence-electron chi connectivity index (χ4n) is 4.44. The second kappa shape index (κ2) is 6.78. The Balaban J connectivity index is 1.41. The zero-order valence-corrected chi connectivity index (χ0v) is 16.3. The lowest BCUT2D eigenvalue weighted by Gasteiger charge is -2.35. The van der Waals surface area contributed by atoms with Crippen molar-refractivity contribution in [3.63, 3.8) is 0 Å². The van der Waals surface area contributed by atoms with Crippen molar-refractivity contribution in [2.45, 2.75) is 44.6 Å². The van der Waals surface area contributed by atoms with E-state index in [9.17, 15) is 4.79 Å². The summed E-state index contributed by atoms with van der Waals surface area (Å²) in [6, 6.07) is 10.5. The number of carbonyl (C=O) groups excluding carboxylic acids is 1. The fourth-order valence-corrected chi connectivity index (χ4v) is 6.50. The number of aromatic nitrogens is 1. The summed E-state index contributed by atoms with van der Waals surface area (Å²) in [4.78, 5) is 21.8. The van der Waals surface area contributed by atoms with Crippen LogP contribution in [0.3, 0.4) is 0 Å². The monoisotopic (exact) mass is 382 g/mol. The quantitative estimate of drug-likeness (QED) is 0.609. The molecule has 0 unspecified atom stereocenters. The van der Waals surface area contributed by atoms with E-state index in [1.54, 1.807) is 11.3 Å². The van der Waals surface area contributed by atoms with Gasteiger partial charge in [0.25, 0.3) is 0 Å². The second-order valence-corrected chi connectivity index (χ2v) is 9.46. The molecule has 3 heterocycles. The number of hydrogen-bond donors (Lipinski definition) is 0. The fraction of sp³-hybridized carbons (Fsp3) is 0.429. The van der Waals surface area contributed by atoms with Gasteiger partial charge < -0.3 is 4.90 Å². The highest BCUT2D eigenvalue weighted by molar-refractivity contribution is 7.18. The molecule has 0 bridgehead atoms. The van der Waals surface area contributed by atoms with Crippen LogP contribution in [0.2, 0.25) is 0 Å². The van der Waals surface area contributed by atoms with Crippen LogP contribution in [0.1, 0.15) is 47.0 Å². The summed E-state index contributed by atoms with van der Waals surface area (Å²) in [5.41, 5.74) is 2.42. The van der Waals surface area contributed by atoms with Crippen LogP contribution in [-0.4, -0.2) is 22.3 Å². The number of hydrogen-bond acceptors (Lipinski definition) is 4. The Kier molecular flexibility index (Phi) is 4.29. The van der Waals surface area contributed by atoms with E-state index in [-0.39, 0.29) is 11.8 Å². The molecule has 2 aliphatic rings. The number of fused-ring (bicyclic) bond motifs is 2. The smallest absolute Gasteiger partial charge is 0.226 e. The van der Waals surface area contributed by atoms with Crippen molar-refractivity contribution < 1.29 is 4.79 Å². The molecule has 26 heavy (non-hydrogen) atoms. The van der Waals surface area contributed by atoms with Crippen LogP contribution in [0.15, 0.2) is 35.7 Å². The van der Waals surface area contributed by atoms with E-state index in [1.165, 1.54) is 21.6 Å². The predicted molar refractivity (Wildman–Crippen MR) is 108 cm³/mol. The van der Waals surface area contributed by atoms with Crippen LogP contribution < -0.4 is 0 Å². The first-order chi connectivity index (χ1) is 12.8. The molecule has 2 atom stereocenters. The number of para-hydroxylation sites is 1. The maximum atomic E-state index is 13.4. The lowest BCUT2D eigenvalue weighted by Crippen LogP contribution is -2.42. The molecule has 3 nitrogen and oxygen atoms in total. The van der Waals surface area contributed by atoms with Gasteiger partial charge in [0.15, 0.2) is 0 Å². The summed E-state index contributed by atoms with van der Waals surface area (Å²) in [6.07, 6.45) is 5.48. The molecule has 1 aliphatic heterocycles. The molecule has 1 amide bonds. The Morgan fingerprint density at radius 1 is 1.15 bits per heavy atom. The molecule has 0 N–H and O–H groups in total. The molecule has 0 spiro atoms. The molecular formula is C21H22N2OS2. The van der Waals surface area contributed by atoms with Crippen molar-refractivity contribution in [3.8, 4) is 0 Å². The Bertz CT molecular complexity index is 911. The lowest BCUT2D eigenvalue weighted by atomic mass is 9.78. The number of rotatable bonds is 2. The minimum atomic E-state index is 0.101. The highest BCUT2D eigenvalue weighted by atomic mass is 32.1. The molecule has 1 aromatic carbocycles. The molecule has 3 aromatic rings. The molecule has 134 valence electrons. The first-order valence-electron chi connectivity index (χ1n) is 9.49. The van der Waals surface area contributed by atoms with E-state index >= 15 is 0 Å². The summed E-state index contributed by atoms with van der Waals surface area (Å²) in [5.74, 6) is 0.743. The van der Waals surface area contributed by atoms with Gasteiger partial charge in [0.1, 0.15) is 0 Å². The van der Waals surface area contributed by atoms with Crippen LogP contribution in [0, 0.1) is 5.92 Å². The van der Waals surface area contributed by atoms with Crippen molar-refractivity contribution in [1.29, 1.82) is 0 Å². The van der Waals surface area contributed by atoms with E-state index in [1.807, 2.05) is 17.4 Å². The Morgan fingerprint density at radius 2 is 2.04 bits per heavy atom. The van der Waals surface area contributed by atoms with E-state index in [0.29, 0.717) is 5.91 Å². The number of carbonyl (C=O) groups is 1. The third-order valence-corrected chi connectivity index (χ3v) is 8.02. The van der Waals surface area contributed by atoms with E-state index in [4.69, 9.17) is 4.98 Å². The highest BCUT2D eigenvalue weighted by Crippen LogP contribution is 2.42. The van der Waals surface area contributed by atoms with Crippen molar-refractivity contribution in [2.75, 3.05) is 6.54 Å². The average molecular weight is 383 g/mol. The third kappa shape index (κ3) is 2.87. The molecule has 5 rings (SSSR count). The summed E-state index contributed by atoms with van der Waals surface area (Å²) in [5, 5.41) is 3.32. The van der Waals surface area contributed by atoms with Gasteiger partial charge in [-0.05, 0) is 48.4 Å². The number of thiophene rings is 1. The summed E-state index contributed by atoms with van der Waals surface area (Å²) < 4.78 is 1.24. The Labute approximate surface area is 161 Å².